The molecule has 1 heterocycles. The molecular formula is C5H6NO4PS. The second-order valence-electron chi connectivity index (χ2n) is 2.12. The average molecular weight is 207 g/mol. The molecule has 0 aliphatic carbocycles. The van der Waals surface area contributed by atoms with E-state index in [1.54, 1.807) is 0 Å². The second kappa shape index (κ2) is 3.45. The van der Waals surface area contributed by atoms with Gasteiger partial charge in [-0.3, -0.25) is 9.36 Å². The van der Waals surface area contributed by atoms with Crippen molar-refractivity contribution >= 4 is 24.7 Å². The summed E-state index contributed by atoms with van der Waals surface area (Å²) in [6, 6.07) is 0. The summed E-state index contributed by atoms with van der Waals surface area (Å²) in [4.78, 5) is 31.5. The number of hydrogen-bond donors (Lipinski definition) is 2. The van der Waals surface area contributed by atoms with Crippen LogP contribution in [-0.4, -0.2) is 26.7 Å². The normalized spacial score (nSPS) is 11.5. The number of Topliss-reactive ketones (excluding diaryl/α,β-unsaturated/α-hetero) is 1. The van der Waals surface area contributed by atoms with Crippen molar-refractivity contribution in [1.82, 2.24) is 4.98 Å². The topological polar surface area (TPSA) is 87.5 Å². The second-order valence-corrected chi connectivity index (χ2v) is 4.48. The molecule has 12 heavy (non-hydrogen) atoms. The van der Waals surface area contributed by atoms with Gasteiger partial charge in [0.2, 0.25) is 0 Å². The zero-order valence-electron chi connectivity index (χ0n) is 5.88. The summed E-state index contributed by atoms with van der Waals surface area (Å²) in [5, 5.41) is 1.46. The Bertz CT molecular complexity index is 316. The third kappa shape index (κ3) is 2.83. The molecule has 0 aliphatic rings. The summed E-state index contributed by atoms with van der Waals surface area (Å²) in [6.45, 7) is 0. The minimum absolute atomic E-state index is 0.114. The van der Waals surface area contributed by atoms with E-state index in [0.29, 0.717) is 0 Å². The van der Waals surface area contributed by atoms with Crippen molar-refractivity contribution in [2.24, 2.45) is 0 Å². The van der Waals surface area contributed by atoms with Crippen LogP contribution in [0.15, 0.2) is 10.9 Å². The van der Waals surface area contributed by atoms with Crippen LogP contribution < -0.4 is 0 Å². The first-order chi connectivity index (χ1) is 5.49. The lowest BCUT2D eigenvalue weighted by atomic mass is 10.4. The molecule has 0 aliphatic heterocycles. The van der Waals surface area contributed by atoms with E-state index in [0.717, 1.165) is 0 Å². The first-order valence-electron chi connectivity index (χ1n) is 2.95. The Hall–Kier alpha value is -0.550. The molecule has 0 atom stereocenters. The van der Waals surface area contributed by atoms with Crippen molar-refractivity contribution in [3.05, 3.63) is 16.6 Å². The van der Waals surface area contributed by atoms with E-state index in [1.807, 2.05) is 0 Å². The molecule has 0 unspecified atom stereocenters. The molecule has 0 amide bonds. The van der Waals surface area contributed by atoms with E-state index < -0.39 is 19.5 Å². The standard InChI is InChI=1S/C5H6NO4PS/c7-5(1-11(8,9)10)4-2-12-3-6-4/h2-3H,1H2,(H2,8,9,10). The highest BCUT2D eigenvalue weighted by atomic mass is 32.1. The van der Waals surface area contributed by atoms with Gasteiger partial charge in [-0.2, -0.15) is 0 Å². The maximum absolute atomic E-state index is 11.0. The van der Waals surface area contributed by atoms with Gasteiger partial charge in [0, 0.05) is 5.38 Å². The maximum atomic E-state index is 11.0. The Morgan fingerprint density at radius 2 is 2.33 bits per heavy atom. The van der Waals surface area contributed by atoms with Gasteiger partial charge in [-0.25, -0.2) is 4.98 Å². The van der Waals surface area contributed by atoms with E-state index in [1.165, 1.54) is 22.2 Å². The summed E-state index contributed by atoms with van der Waals surface area (Å²) in [5.41, 5.74) is 1.55. The fourth-order valence-electron chi connectivity index (χ4n) is 0.618. The van der Waals surface area contributed by atoms with E-state index in [4.69, 9.17) is 9.79 Å². The summed E-state index contributed by atoms with van der Waals surface area (Å²) in [6.07, 6.45) is -0.767. The van der Waals surface area contributed by atoms with E-state index >= 15 is 0 Å². The predicted molar refractivity (Wildman–Crippen MR) is 43.4 cm³/mol. The van der Waals surface area contributed by atoms with Crippen molar-refractivity contribution in [1.29, 1.82) is 0 Å². The highest BCUT2D eigenvalue weighted by molar-refractivity contribution is 7.52. The SMILES string of the molecule is O=C(CP(=O)(O)O)c1cscn1. The Morgan fingerprint density at radius 3 is 2.75 bits per heavy atom. The smallest absolute Gasteiger partial charge is 0.324 e. The number of aromatic nitrogens is 1. The zero-order valence-corrected chi connectivity index (χ0v) is 7.59. The number of ketones is 1. The minimum Gasteiger partial charge on any atom is -0.324 e. The summed E-state index contributed by atoms with van der Waals surface area (Å²) >= 11 is 1.21. The Kier molecular flexibility index (Phi) is 2.74. The fourth-order valence-corrected chi connectivity index (χ4v) is 1.71. The van der Waals surface area contributed by atoms with Gasteiger partial charge < -0.3 is 9.79 Å². The molecule has 2 N–H and O–H groups in total. The van der Waals surface area contributed by atoms with Gasteiger partial charge in [0.1, 0.15) is 11.9 Å². The van der Waals surface area contributed by atoms with Gasteiger partial charge in [0.25, 0.3) is 0 Å². The predicted octanol–water partition coefficient (Wildman–Crippen LogP) is 0.503. The van der Waals surface area contributed by atoms with Crippen LogP contribution in [0.25, 0.3) is 0 Å². The number of thiazole rings is 1. The first-order valence-corrected chi connectivity index (χ1v) is 5.69. The molecule has 7 heteroatoms. The Labute approximate surface area is 72.2 Å². The molecule has 0 saturated carbocycles. The molecule has 1 rings (SSSR count). The van der Waals surface area contributed by atoms with Gasteiger partial charge in [-0.1, -0.05) is 0 Å². The zero-order chi connectivity index (χ0) is 9.19. The summed E-state index contributed by atoms with van der Waals surface area (Å²) in [5.74, 6) is -0.621. The number of carbonyl (C=O) groups excluding carboxylic acids is 1. The van der Waals surface area contributed by atoms with Crippen LogP contribution in [0.1, 0.15) is 10.5 Å². The monoisotopic (exact) mass is 207 g/mol. The summed E-state index contributed by atoms with van der Waals surface area (Å²) in [7, 11) is -4.25. The highest BCUT2D eigenvalue weighted by Crippen LogP contribution is 2.34. The maximum Gasteiger partial charge on any atom is 0.333 e. The fraction of sp³-hybridized carbons (Fsp3) is 0.200. The van der Waals surface area contributed by atoms with Crippen molar-refractivity contribution in [3.8, 4) is 0 Å². The molecule has 0 aromatic carbocycles. The molecule has 0 spiro atoms. The highest BCUT2D eigenvalue weighted by Gasteiger charge is 2.21. The lowest BCUT2D eigenvalue weighted by Crippen LogP contribution is -2.05. The molecule has 5 nitrogen and oxygen atoms in total. The van der Waals surface area contributed by atoms with Crippen molar-refractivity contribution < 1.29 is 19.1 Å². The lowest BCUT2D eigenvalue weighted by Gasteiger charge is -1.99. The summed E-state index contributed by atoms with van der Waals surface area (Å²) < 4.78 is 10.4. The Balaban J connectivity index is 2.69. The van der Waals surface area contributed by atoms with Crippen LogP contribution in [0.4, 0.5) is 0 Å². The largest absolute Gasteiger partial charge is 0.333 e. The van der Waals surface area contributed by atoms with Gasteiger partial charge in [0.05, 0.1) is 5.51 Å². The van der Waals surface area contributed by atoms with Crippen LogP contribution in [0, 0.1) is 0 Å². The number of hydrogen-bond acceptors (Lipinski definition) is 4. The van der Waals surface area contributed by atoms with Crippen LogP contribution >= 0.6 is 18.9 Å². The lowest BCUT2D eigenvalue weighted by molar-refractivity contribution is 0.101. The molecule has 0 saturated heterocycles. The van der Waals surface area contributed by atoms with Crippen LogP contribution in [0.2, 0.25) is 0 Å². The van der Waals surface area contributed by atoms with E-state index in [-0.39, 0.29) is 5.69 Å². The molecule has 66 valence electrons. The van der Waals surface area contributed by atoms with Crippen LogP contribution in [0.5, 0.6) is 0 Å². The van der Waals surface area contributed by atoms with Gasteiger partial charge in [-0.05, 0) is 0 Å². The Morgan fingerprint density at radius 1 is 1.67 bits per heavy atom. The van der Waals surface area contributed by atoms with E-state index in [2.05, 4.69) is 4.98 Å². The van der Waals surface area contributed by atoms with Crippen molar-refractivity contribution in [2.75, 3.05) is 6.16 Å². The van der Waals surface area contributed by atoms with Gasteiger partial charge >= 0.3 is 7.60 Å². The van der Waals surface area contributed by atoms with Crippen molar-refractivity contribution in [2.45, 2.75) is 0 Å². The minimum atomic E-state index is -4.25. The van der Waals surface area contributed by atoms with Crippen LogP contribution in [0.3, 0.4) is 0 Å². The van der Waals surface area contributed by atoms with E-state index in [9.17, 15) is 9.36 Å². The third-order valence-electron chi connectivity index (χ3n) is 1.07. The average Bonchev–Trinajstić information content (AvgIpc) is 2.32. The number of nitrogens with zero attached hydrogens (tertiary/aromatic N) is 1. The molecule has 1 aromatic heterocycles. The third-order valence-corrected chi connectivity index (χ3v) is 2.35. The molecule has 0 bridgehead atoms. The molecule has 1 aromatic rings. The van der Waals surface area contributed by atoms with Crippen molar-refractivity contribution in [3.63, 3.8) is 0 Å². The van der Waals surface area contributed by atoms with Gasteiger partial charge in [0.15, 0.2) is 5.78 Å². The van der Waals surface area contributed by atoms with Crippen LogP contribution in [-0.2, 0) is 4.57 Å². The molecular weight excluding hydrogens is 201 g/mol. The number of rotatable bonds is 3. The first kappa shape index (κ1) is 9.54. The quantitative estimate of drug-likeness (QED) is 0.556. The number of carbonyl (C=O) groups is 1. The molecule has 0 radical (unpaired) electrons. The van der Waals surface area contributed by atoms with Gasteiger partial charge in [-0.15, -0.1) is 11.3 Å². The molecule has 0 fully saturated rings.